The van der Waals surface area contributed by atoms with Gasteiger partial charge in [-0.3, -0.25) is 9.78 Å². The van der Waals surface area contributed by atoms with Crippen molar-refractivity contribution in [3.63, 3.8) is 0 Å². The molecule has 1 aromatic heterocycles. The first-order chi connectivity index (χ1) is 11.1. The average Bonchev–Trinajstić information content (AvgIpc) is 2.55. The number of nitrogens with zero attached hydrogens (tertiary/aromatic N) is 1. The molecule has 0 bridgehead atoms. The Kier molecular flexibility index (Phi) is 4.24. The molecular formula is C19H18N2O2. The van der Waals surface area contributed by atoms with E-state index in [-0.39, 0.29) is 12.0 Å². The summed E-state index contributed by atoms with van der Waals surface area (Å²) in [5.41, 5.74) is 2.14. The normalized spacial score (nSPS) is 10.7. The third kappa shape index (κ3) is 3.48. The molecule has 3 aromatic rings. The lowest BCUT2D eigenvalue weighted by molar-refractivity contribution is 0.102. The van der Waals surface area contributed by atoms with Gasteiger partial charge in [-0.05, 0) is 56.3 Å². The fraction of sp³-hybridized carbons (Fsp3) is 0.158. The number of fused-ring (bicyclic) bond motifs is 1. The second-order valence-corrected chi connectivity index (χ2v) is 5.52. The smallest absolute Gasteiger partial charge is 0.256 e. The molecule has 3 rings (SSSR count). The van der Waals surface area contributed by atoms with Crippen molar-refractivity contribution in [2.75, 3.05) is 5.32 Å². The van der Waals surface area contributed by atoms with Crippen molar-refractivity contribution >= 4 is 22.5 Å². The van der Waals surface area contributed by atoms with Gasteiger partial charge in [-0.1, -0.05) is 12.1 Å². The molecule has 4 nitrogen and oxygen atoms in total. The first kappa shape index (κ1) is 15.0. The second kappa shape index (κ2) is 6.48. The van der Waals surface area contributed by atoms with Crippen LogP contribution in [0.4, 0.5) is 5.69 Å². The number of carbonyl (C=O) groups excluding carboxylic acids is 1. The monoisotopic (exact) mass is 306 g/mol. The molecule has 0 atom stereocenters. The summed E-state index contributed by atoms with van der Waals surface area (Å²) in [6, 6.07) is 16.6. The summed E-state index contributed by atoms with van der Waals surface area (Å²) in [5, 5.41) is 3.75. The van der Waals surface area contributed by atoms with Gasteiger partial charge in [0.05, 0.1) is 11.6 Å². The highest BCUT2D eigenvalue weighted by Crippen LogP contribution is 2.20. The van der Waals surface area contributed by atoms with Gasteiger partial charge in [0.15, 0.2) is 0 Å². The van der Waals surface area contributed by atoms with Crippen LogP contribution in [0.15, 0.2) is 60.8 Å². The predicted octanol–water partition coefficient (Wildman–Crippen LogP) is 4.27. The van der Waals surface area contributed by atoms with E-state index in [1.165, 1.54) is 0 Å². The number of ether oxygens (including phenoxy) is 1. The Morgan fingerprint density at radius 2 is 1.83 bits per heavy atom. The van der Waals surface area contributed by atoms with Gasteiger partial charge in [-0.15, -0.1) is 0 Å². The largest absolute Gasteiger partial charge is 0.491 e. The van der Waals surface area contributed by atoms with Gasteiger partial charge in [0.25, 0.3) is 5.91 Å². The van der Waals surface area contributed by atoms with Gasteiger partial charge in [0, 0.05) is 22.8 Å². The number of anilines is 1. The fourth-order valence-electron chi connectivity index (χ4n) is 2.39. The molecule has 0 spiro atoms. The number of hydrogen-bond donors (Lipinski definition) is 1. The Morgan fingerprint density at radius 1 is 1.04 bits per heavy atom. The lowest BCUT2D eigenvalue weighted by Crippen LogP contribution is -2.12. The molecule has 1 amide bonds. The van der Waals surface area contributed by atoms with E-state index in [1.807, 2.05) is 62.4 Å². The van der Waals surface area contributed by atoms with Crippen LogP contribution >= 0.6 is 0 Å². The van der Waals surface area contributed by atoms with Crippen molar-refractivity contribution in [2.45, 2.75) is 20.0 Å². The Bertz CT molecular complexity index is 821. The number of pyridine rings is 1. The summed E-state index contributed by atoms with van der Waals surface area (Å²) in [7, 11) is 0. The number of hydrogen-bond acceptors (Lipinski definition) is 3. The van der Waals surface area contributed by atoms with Crippen LogP contribution in [-0.2, 0) is 0 Å². The molecule has 0 saturated heterocycles. The van der Waals surface area contributed by atoms with Crippen LogP contribution in [0.1, 0.15) is 24.2 Å². The minimum Gasteiger partial charge on any atom is -0.491 e. The average molecular weight is 306 g/mol. The highest BCUT2D eigenvalue weighted by molar-refractivity contribution is 6.12. The minimum absolute atomic E-state index is 0.124. The molecule has 0 unspecified atom stereocenters. The summed E-state index contributed by atoms with van der Waals surface area (Å²) >= 11 is 0. The first-order valence-corrected chi connectivity index (χ1v) is 7.55. The SMILES string of the molecule is CC(C)Oc1ccc(NC(=O)c2cccc3ncccc23)cc1. The van der Waals surface area contributed by atoms with E-state index < -0.39 is 0 Å². The molecule has 0 aliphatic rings. The highest BCUT2D eigenvalue weighted by atomic mass is 16.5. The van der Waals surface area contributed by atoms with E-state index in [9.17, 15) is 4.79 Å². The third-order valence-electron chi connectivity index (χ3n) is 3.37. The van der Waals surface area contributed by atoms with E-state index in [1.54, 1.807) is 12.3 Å². The molecular weight excluding hydrogens is 288 g/mol. The maximum atomic E-state index is 12.5. The van der Waals surface area contributed by atoms with Crippen molar-refractivity contribution < 1.29 is 9.53 Å². The van der Waals surface area contributed by atoms with E-state index in [0.29, 0.717) is 5.56 Å². The number of rotatable bonds is 4. The lowest BCUT2D eigenvalue weighted by Gasteiger charge is -2.11. The summed E-state index contributed by atoms with van der Waals surface area (Å²) < 4.78 is 5.60. The van der Waals surface area contributed by atoms with Crippen LogP contribution in [0.5, 0.6) is 5.75 Å². The number of benzene rings is 2. The Hall–Kier alpha value is -2.88. The van der Waals surface area contributed by atoms with Crippen LogP contribution in [0.3, 0.4) is 0 Å². The molecule has 0 fully saturated rings. The van der Waals surface area contributed by atoms with E-state index in [4.69, 9.17) is 4.74 Å². The molecule has 4 heteroatoms. The van der Waals surface area contributed by atoms with Crippen molar-refractivity contribution in [2.24, 2.45) is 0 Å². The van der Waals surface area contributed by atoms with E-state index in [2.05, 4.69) is 10.3 Å². The molecule has 0 aliphatic heterocycles. The summed E-state index contributed by atoms with van der Waals surface area (Å²) in [6.45, 7) is 3.95. The number of nitrogens with one attached hydrogen (secondary N) is 1. The Morgan fingerprint density at radius 3 is 2.57 bits per heavy atom. The van der Waals surface area contributed by atoms with Crippen molar-refractivity contribution in [3.8, 4) is 5.75 Å². The number of amides is 1. The minimum atomic E-state index is -0.152. The lowest BCUT2D eigenvalue weighted by atomic mass is 10.1. The molecule has 0 radical (unpaired) electrons. The van der Waals surface area contributed by atoms with Crippen LogP contribution < -0.4 is 10.1 Å². The fourth-order valence-corrected chi connectivity index (χ4v) is 2.39. The summed E-state index contributed by atoms with van der Waals surface area (Å²) in [5.74, 6) is 0.633. The van der Waals surface area contributed by atoms with Gasteiger partial charge in [0.1, 0.15) is 5.75 Å². The zero-order valence-electron chi connectivity index (χ0n) is 13.1. The number of carbonyl (C=O) groups is 1. The molecule has 23 heavy (non-hydrogen) atoms. The number of aromatic nitrogens is 1. The molecule has 1 heterocycles. The predicted molar refractivity (Wildman–Crippen MR) is 91.9 cm³/mol. The Labute approximate surface area is 135 Å². The molecule has 0 saturated carbocycles. The van der Waals surface area contributed by atoms with Gasteiger partial charge >= 0.3 is 0 Å². The molecule has 1 N–H and O–H groups in total. The topological polar surface area (TPSA) is 51.2 Å². The molecule has 0 aliphatic carbocycles. The van der Waals surface area contributed by atoms with Crippen molar-refractivity contribution in [1.29, 1.82) is 0 Å². The van der Waals surface area contributed by atoms with Gasteiger partial charge in [-0.2, -0.15) is 0 Å². The van der Waals surface area contributed by atoms with Crippen molar-refractivity contribution in [3.05, 3.63) is 66.4 Å². The van der Waals surface area contributed by atoms with E-state index in [0.717, 1.165) is 22.3 Å². The van der Waals surface area contributed by atoms with Crippen LogP contribution in [0, 0.1) is 0 Å². The standard InChI is InChI=1S/C19H18N2O2/c1-13(2)23-15-10-8-14(9-11-15)21-19(22)17-5-3-7-18-16(17)6-4-12-20-18/h3-13H,1-2H3,(H,21,22). The van der Waals surface area contributed by atoms with Crippen molar-refractivity contribution in [1.82, 2.24) is 4.98 Å². The Balaban J connectivity index is 1.81. The summed E-state index contributed by atoms with van der Waals surface area (Å²) in [4.78, 5) is 16.8. The van der Waals surface area contributed by atoms with Gasteiger partial charge < -0.3 is 10.1 Å². The molecule has 2 aromatic carbocycles. The summed E-state index contributed by atoms with van der Waals surface area (Å²) in [6.07, 6.45) is 1.84. The zero-order valence-corrected chi connectivity index (χ0v) is 13.1. The van der Waals surface area contributed by atoms with Crippen LogP contribution in [-0.4, -0.2) is 17.0 Å². The van der Waals surface area contributed by atoms with Crippen LogP contribution in [0.2, 0.25) is 0 Å². The zero-order chi connectivity index (χ0) is 16.2. The maximum absolute atomic E-state index is 12.5. The highest BCUT2D eigenvalue weighted by Gasteiger charge is 2.10. The van der Waals surface area contributed by atoms with Gasteiger partial charge in [0.2, 0.25) is 0 Å². The maximum Gasteiger partial charge on any atom is 0.256 e. The van der Waals surface area contributed by atoms with E-state index >= 15 is 0 Å². The van der Waals surface area contributed by atoms with Crippen LogP contribution in [0.25, 0.3) is 10.9 Å². The second-order valence-electron chi connectivity index (χ2n) is 5.52. The first-order valence-electron chi connectivity index (χ1n) is 7.55. The quantitative estimate of drug-likeness (QED) is 0.783. The molecule has 116 valence electrons. The third-order valence-corrected chi connectivity index (χ3v) is 3.37. The van der Waals surface area contributed by atoms with Gasteiger partial charge in [-0.25, -0.2) is 0 Å².